The second-order valence-electron chi connectivity index (χ2n) is 9.94. The van der Waals surface area contributed by atoms with Crippen LogP contribution in [0.5, 0.6) is 5.75 Å². The van der Waals surface area contributed by atoms with Gasteiger partial charge in [-0.2, -0.15) is 0 Å². The first-order valence-corrected chi connectivity index (χ1v) is 12.6. The highest BCUT2D eigenvalue weighted by molar-refractivity contribution is 6.02. The van der Waals surface area contributed by atoms with E-state index >= 15 is 0 Å². The predicted octanol–water partition coefficient (Wildman–Crippen LogP) is 4.77. The van der Waals surface area contributed by atoms with E-state index in [1.807, 2.05) is 13.3 Å². The highest BCUT2D eigenvalue weighted by Crippen LogP contribution is 2.45. The molecular weight excluding hydrogens is 424 g/mol. The number of hydrogen-bond acceptors (Lipinski definition) is 6. The maximum Gasteiger partial charge on any atom is 0.119 e. The normalized spacial score (nSPS) is 22.3. The van der Waals surface area contributed by atoms with Crippen LogP contribution in [0.15, 0.2) is 48.7 Å². The van der Waals surface area contributed by atoms with E-state index < -0.39 is 0 Å². The number of aromatic nitrogens is 1. The maximum atomic E-state index is 6.00. The lowest BCUT2D eigenvalue weighted by Crippen LogP contribution is -2.48. The molecule has 3 aliphatic rings. The minimum absolute atomic E-state index is 0.388. The summed E-state index contributed by atoms with van der Waals surface area (Å²) >= 11 is 0. The molecule has 0 amide bonds. The van der Waals surface area contributed by atoms with Crippen molar-refractivity contribution in [3.05, 3.63) is 48.7 Å². The lowest BCUT2D eigenvalue weighted by Gasteiger charge is -2.41. The molecule has 1 aromatic heterocycles. The van der Waals surface area contributed by atoms with Gasteiger partial charge in [-0.05, 0) is 74.2 Å². The Kier molecular flexibility index (Phi) is 5.79. The van der Waals surface area contributed by atoms with Crippen LogP contribution in [-0.4, -0.2) is 69.1 Å². The van der Waals surface area contributed by atoms with Crippen LogP contribution in [0.25, 0.3) is 22.0 Å². The van der Waals surface area contributed by atoms with E-state index in [4.69, 9.17) is 14.5 Å². The topological polar surface area (TPSA) is 41.1 Å². The third-order valence-corrected chi connectivity index (χ3v) is 7.79. The second kappa shape index (κ2) is 9.08. The summed E-state index contributed by atoms with van der Waals surface area (Å²) in [5.41, 5.74) is 5.99. The van der Waals surface area contributed by atoms with E-state index in [2.05, 4.69) is 64.2 Å². The zero-order chi connectivity index (χ0) is 23.1. The van der Waals surface area contributed by atoms with Gasteiger partial charge in [-0.25, -0.2) is 0 Å². The molecule has 3 heterocycles. The Morgan fingerprint density at radius 2 is 1.76 bits per heavy atom. The van der Waals surface area contributed by atoms with Crippen molar-refractivity contribution in [1.29, 1.82) is 0 Å². The van der Waals surface area contributed by atoms with E-state index in [1.54, 1.807) is 0 Å². The van der Waals surface area contributed by atoms with Crippen LogP contribution in [0.1, 0.15) is 25.7 Å². The van der Waals surface area contributed by atoms with Crippen LogP contribution in [0, 0.1) is 0 Å². The van der Waals surface area contributed by atoms with Crippen LogP contribution < -0.4 is 14.5 Å². The fourth-order valence-corrected chi connectivity index (χ4v) is 5.63. The summed E-state index contributed by atoms with van der Waals surface area (Å²) in [7, 11) is 3.98. The Labute approximate surface area is 202 Å². The molecule has 0 unspecified atom stereocenters. The van der Waals surface area contributed by atoms with Crippen molar-refractivity contribution in [3.63, 3.8) is 0 Å². The van der Waals surface area contributed by atoms with Gasteiger partial charge < -0.3 is 19.3 Å². The van der Waals surface area contributed by atoms with Gasteiger partial charge in [0.25, 0.3) is 0 Å². The molecule has 0 atom stereocenters. The Bertz CT molecular complexity index is 1150. The first-order chi connectivity index (χ1) is 16.7. The summed E-state index contributed by atoms with van der Waals surface area (Å²) in [5.74, 6) is 0.941. The lowest BCUT2D eigenvalue weighted by molar-refractivity contribution is 0.0259. The minimum Gasteiger partial charge on any atom is -0.492 e. The molecule has 1 saturated carbocycles. The van der Waals surface area contributed by atoms with E-state index in [0.717, 1.165) is 43.9 Å². The smallest absolute Gasteiger partial charge is 0.119 e. The molecule has 1 aliphatic carbocycles. The Morgan fingerprint density at radius 1 is 1.00 bits per heavy atom. The summed E-state index contributed by atoms with van der Waals surface area (Å²) in [5, 5.41) is 1.23. The standard InChI is InChI=1S/C28H34N4O2/c1-30-19-32(22-16-24(17-22)33-2)28-25-15-21(7-10-26(25)29-18-27(28)30)20-5-8-23(9-6-20)34-14-13-31-11-3-4-12-31/h5-10,15,18,22,24H,3-4,11-14,16-17,19H2,1-2H3. The van der Waals surface area contributed by atoms with Gasteiger partial charge in [-0.15, -0.1) is 0 Å². The van der Waals surface area contributed by atoms with Crippen LogP contribution in [-0.2, 0) is 4.74 Å². The summed E-state index contributed by atoms with van der Waals surface area (Å²) in [6, 6.07) is 15.7. The first-order valence-electron chi connectivity index (χ1n) is 12.6. The molecule has 2 fully saturated rings. The molecule has 0 N–H and O–H groups in total. The molecule has 6 heteroatoms. The van der Waals surface area contributed by atoms with Crippen LogP contribution in [0.3, 0.4) is 0 Å². The molecule has 6 nitrogen and oxygen atoms in total. The van der Waals surface area contributed by atoms with Crippen molar-refractivity contribution in [3.8, 4) is 16.9 Å². The van der Waals surface area contributed by atoms with Crippen molar-refractivity contribution < 1.29 is 9.47 Å². The number of nitrogens with zero attached hydrogens (tertiary/aromatic N) is 4. The highest BCUT2D eigenvalue weighted by atomic mass is 16.5. The first kappa shape index (κ1) is 21.7. The van der Waals surface area contributed by atoms with Crippen molar-refractivity contribution in [2.24, 2.45) is 0 Å². The number of hydrogen-bond donors (Lipinski definition) is 0. The molecule has 0 bridgehead atoms. The Balaban J connectivity index is 1.23. The number of methoxy groups -OCH3 is 1. The minimum atomic E-state index is 0.388. The summed E-state index contributed by atoms with van der Waals surface area (Å²) in [6.45, 7) is 5.10. The van der Waals surface area contributed by atoms with E-state index in [-0.39, 0.29) is 0 Å². The van der Waals surface area contributed by atoms with Gasteiger partial charge in [0.05, 0.1) is 35.9 Å². The summed E-state index contributed by atoms with van der Waals surface area (Å²) in [4.78, 5) is 12.1. The third-order valence-electron chi connectivity index (χ3n) is 7.79. The van der Waals surface area contributed by atoms with Gasteiger partial charge in [0.2, 0.25) is 0 Å². The van der Waals surface area contributed by atoms with E-state index in [0.29, 0.717) is 12.1 Å². The lowest BCUT2D eigenvalue weighted by atomic mass is 9.87. The average Bonchev–Trinajstić information content (AvgIpc) is 3.47. The number of rotatable bonds is 7. The van der Waals surface area contributed by atoms with Crippen molar-refractivity contribution in [1.82, 2.24) is 9.88 Å². The Morgan fingerprint density at radius 3 is 2.53 bits per heavy atom. The monoisotopic (exact) mass is 458 g/mol. The number of fused-ring (bicyclic) bond motifs is 3. The van der Waals surface area contributed by atoms with Gasteiger partial charge in [0.1, 0.15) is 12.4 Å². The maximum absolute atomic E-state index is 6.00. The number of ether oxygens (including phenoxy) is 2. The molecule has 1 saturated heterocycles. The SMILES string of the molecule is COC1CC(N2CN(C)c3cnc4ccc(-c5ccc(OCCN6CCCC6)cc5)cc4c32)C1. The Hall–Kier alpha value is -2.83. The number of likely N-dealkylation sites (tertiary alicyclic amines) is 1. The zero-order valence-electron chi connectivity index (χ0n) is 20.2. The van der Waals surface area contributed by atoms with Gasteiger partial charge in [-0.1, -0.05) is 18.2 Å². The second-order valence-corrected chi connectivity index (χ2v) is 9.94. The molecule has 0 radical (unpaired) electrons. The van der Waals surface area contributed by atoms with Gasteiger partial charge in [0, 0.05) is 32.1 Å². The third kappa shape index (κ3) is 3.99. The quantitative estimate of drug-likeness (QED) is 0.508. The van der Waals surface area contributed by atoms with Crippen LogP contribution in [0.2, 0.25) is 0 Å². The largest absolute Gasteiger partial charge is 0.492 e. The molecule has 2 aromatic carbocycles. The zero-order valence-corrected chi connectivity index (χ0v) is 20.2. The predicted molar refractivity (Wildman–Crippen MR) is 138 cm³/mol. The highest BCUT2D eigenvalue weighted by Gasteiger charge is 2.39. The van der Waals surface area contributed by atoms with Gasteiger partial charge in [-0.3, -0.25) is 9.88 Å². The molecule has 3 aromatic rings. The number of anilines is 2. The molecule has 2 aliphatic heterocycles. The fourth-order valence-electron chi connectivity index (χ4n) is 5.63. The van der Waals surface area contributed by atoms with Crippen molar-refractivity contribution in [2.75, 3.05) is 56.9 Å². The van der Waals surface area contributed by atoms with Crippen molar-refractivity contribution in [2.45, 2.75) is 37.8 Å². The summed E-state index contributed by atoms with van der Waals surface area (Å²) in [6.07, 6.45) is 7.24. The fraction of sp³-hybridized carbons (Fsp3) is 0.464. The van der Waals surface area contributed by atoms with Gasteiger partial charge in [0.15, 0.2) is 0 Å². The molecule has 178 valence electrons. The van der Waals surface area contributed by atoms with Crippen molar-refractivity contribution >= 4 is 22.3 Å². The van der Waals surface area contributed by atoms with Gasteiger partial charge >= 0.3 is 0 Å². The molecule has 6 rings (SSSR count). The molecule has 0 spiro atoms. The van der Waals surface area contributed by atoms with Crippen LogP contribution >= 0.6 is 0 Å². The molecule has 34 heavy (non-hydrogen) atoms. The van der Waals surface area contributed by atoms with Crippen LogP contribution in [0.4, 0.5) is 11.4 Å². The van der Waals surface area contributed by atoms with E-state index in [1.165, 1.54) is 53.8 Å². The van der Waals surface area contributed by atoms with E-state index in [9.17, 15) is 0 Å². The molecular formula is C28H34N4O2. The number of benzene rings is 2. The average molecular weight is 459 g/mol. The summed E-state index contributed by atoms with van der Waals surface area (Å²) < 4.78 is 11.6. The number of pyridine rings is 1.